The summed E-state index contributed by atoms with van der Waals surface area (Å²) in [6, 6.07) is 16.6. The van der Waals surface area contributed by atoms with Crippen molar-refractivity contribution in [3.8, 4) is 11.8 Å². The first-order valence-corrected chi connectivity index (χ1v) is 7.11. The van der Waals surface area contributed by atoms with Gasteiger partial charge >= 0.3 is 0 Å². The Hall–Kier alpha value is -2.80. The lowest BCUT2D eigenvalue weighted by atomic mass is 10.1. The quantitative estimate of drug-likeness (QED) is 0.826. The molecule has 0 aliphatic heterocycles. The van der Waals surface area contributed by atoms with Gasteiger partial charge in [-0.15, -0.1) is 0 Å². The number of nitrogens with zero attached hydrogens (tertiary/aromatic N) is 1. The minimum absolute atomic E-state index is 0.0383. The Morgan fingerprint density at radius 2 is 2.00 bits per heavy atom. The molecule has 112 valence electrons. The highest BCUT2D eigenvalue weighted by atomic mass is 16.5. The maximum absolute atomic E-state index is 11.6. The van der Waals surface area contributed by atoms with Crippen molar-refractivity contribution >= 4 is 11.5 Å². The molecule has 0 bridgehead atoms. The zero-order valence-electron chi connectivity index (χ0n) is 12.7. The van der Waals surface area contributed by atoms with Crippen LogP contribution in [-0.4, -0.2) is 18.4 Å². The van der Waals surface area contributed by atoms with Crippen LogP contribution < -0.4 is 10.1 Å². The Bertz CT molecular complexity index is 690. The van der Waals surface area contributed by atoms with Crippen LogP contribution >= 0.6 is 0 Å². The summed E-state index contributed by atoms with van der Waals surface area (Å²) >= 11 is 0. The third-order valence-electron chi connectivity index (χ3n) is 3.19. The van der Waals surface area contributed by atoms with Crippen molar-refractivity contribution in [2.45, 2.75) is 20.0 Å². The van der Waals surface area contributed by atoms with E-state index in [9.17, 15) is 4.79 Å². The highest BCUT2D eigenvalue weighted by Gasteiger charge is 2.10. The Morgan fingerprint density at radius 1 is 1.27 bits per heavy atom. The average Bonchev–Trinajstić information content (AvgIpc) is 2.53. The fourth-order valence-corrected chi connectivity index (χ4v) is 2.09. The molecule has 22 heavy (non-hydrogen) atoms. The van der Waals surface area contributed by atoms with Crippen LogP contribution in [0, 0.1) is 11.3 Å². The van der Waals surface area contributed by atoms with Gasteiger partial charge in [0.1, 0.15) is 11.9 Å². The molecule has 0 aliphatic carbocycles. The lowest BCUT2D eigenvalue weighted by molar-refractivity contribution is 0.101. The van der Waals surface area contributed by atoms with E-state index in [1.165, 1.54) is 6.92 Å². The molecule has 1 atom stereocenters. The number of anilines is 1. The highest BCUT2D eigenvalue weighted by molar-refractivity contribution is 5.99. The topological polar surface area (TPSA) is 62.1 Å². The van der Waals surface area contributed by atoms with E-state index in [2.05, 4.69) is 11.4 Å². The number of carbonyl (C=O) groups excluding carboxylic acids is 1. The summed E-state index contributed by atoms with van der Waals surface area (Å²) < 4.78 is 5.78. The van der Waals surface area contributed by atoms with Crippen LogP contribution in [0.3, 0.4) is 0 Å². The summed E-state index contributed by atoms with van der Waals surface area (Å²) in [5.41, 5.74) is 1.75. The van der Waals surface area contributed by atoms with Crippen molar-refractivity contribution < 1.29 is 9.53 Å². The van der Waals surface area contributed by atoms with Gasteiger partial charge in [-0.3, -0.25) is 4.79 Å². The molecule has 1 N–H and O–H groups in total. The predicted octanol–water partition coefficient (Wildman–Crippen LogP) is 3.64. The smallest absolute Gasteiger partial charge is 0.161 e. The minimum atomic E-state index is -0.0760. The Kier molecular flexibility index (Phi) is 5.16. The first-order valence-electron chi connectivity index (χ1n) is 7.11. The summed E-state index contributed by atoms with van der Waals surface area (Å²) in [6.07, 6.45) is -0.0760. The van der Waals surface area contributed by atoms with Crippen molar-refractivity contribution in [1.82, 2.24) is 0 Å². The molecule has 4 nitrogen and oxygen atoms in total. The molecule has 0 spiro atoms. The van der Waals surface area contributed by atoms with E-state index in [-0.39, 0.29) is 11.9 Å². The van der Waals surface area contributed by atoms with Gasteiger partial charge in [-0.1, -0.05) is 18.2 Å². The van der Waals surface area contributed by atoms with Crippen LogP contribution in [0.15, 0.2) is 48.5 Å². The Labute approximate surface area is 130 Å². The molecule has 0 heterocycles. The van der Waals surface area contributed by atoms with Gasteiger partial charge in [0.25, 0.3) is 0 Å². The van der Waals surface area contributed by atoms with Gasteiger partial charge in [0, 0.05) is 11.3 Å². The zero-order valence-corrected chi connectivity index (χ0v) is 12.7. The summed E-state index contributed by atoms with van der Waals surface area (Å²) in [6.45, 7) is 3.99. The number of ether oxygens (including phenoxy) is 1. The first-order chi connectivity index (χ1) is 10.6. The molecule has 2 aromatic carbocycles. The molecule has 0 aromatic heterocycles. The molecular formula is C18H18N2O2. The van der Waals surface area contributed by atoms with E-state index >= 15 is 0 Å². The minimum Gasteiger partial charge on any atom is -0.489 e. The third-order valence-corrected chi connectivity index (χ3v) is 3.19. The number of nitrogens with one attached hydrogen (secondary N) is 1. The van der Waals surface area contributed by atoms with Crippen molar-refractivity contribution in [2.24, 2.45) is 0 Å². The highest BCUT2D eigenvalue weighted by Crippen LogP contribution is 2.19. The maximum atomic E-state index is 11.6. The van der Waals surface area contributed by atoms with Gasteiger partial charge in [0.15, 0.2) is 5.78 Å². The van der Waals surface area contributed by atoms with E-state index in [4.69, 9.17) is 10.00 Å². The van der Waals surface area contributed by atoms with Gasteiger partial charge in [-0.05, 0) is 44.2 Å². The summed E-state index contributed by atoms with van der Waals surface area (Å²) in [5, 5.41) is 12.2. The molecule has 1 unspecified atom stereocenters. The van der Waals surface area contributed by atoms with Crippen molar-refractivity contribution in [2.75, 3.05) is 11.9 Å². The standard InChI is InChI=1S/C18H18N2O2/c1-13(22-16-6-4-3-5-7-16)12-20-18-10-15(11-19)8-9-17(18)14(2)21/h3-10,13,20H,12H2,1-2H3. The monoisotopic (exact) mass is 294 g/mol. The largest absolute Gasteiger partial charge is 0.489 e. The second-order valence-electron chi connectivity index (χ2n) is 5.05. The molecule has 0 amide bonds. The molecular weight excluding hydrogens is 276 g/mol. The fourth-order valence-electron chi connectivity index (χ4n) is 2.09. The lowest BCUT2D eigenvalue weighted by Gasteiger charge is -2.17. The molecule has 4 heteroatoms. The summed E-state index contributed by atoms with van der Waals surface area (Å²) in [4.78, 5) is 11.6. The number of rotatable bonds is 6. The lowest BCUT2D eigenvalue weighted by Crippen LogP contribution is -2.23. The fraction of sp³-hybridized carbons (Fsp3) is 0.222. The van der Waals surface area contributed by atoms with Gasteiger partial charge < -0.3 is 10.1 Å². The number of benzene rings is 2. The summed E-state index contributed by atoms with van der Waals surface area (Å²) in [7, 11) is 0. The predicted molar refractivity (Wildman–Crippen MR) is 86.2 cm³/mol. The molecule has 0 saturated heterocycles. The normalized spacial score (nSPS) is 11.3. The summed E-state index contributed by atoms with van der Waals surface area (Å²) in [5.74, 6) is 0.762. The Morgan fingerprint density at radius 3 is 2.64 bits per heavy atom. The van der Waals surface area contributed by atoms with Crippen LogP contribution in [0.25, 0.3) is 0 Å². The van der Waals surface area contributed by atoms with Gasteiger partial charge in [-0.2, -0.15) is 5.26 Å². The second-order valence-corrected chi connectivity index (χ2v) is 5.05. The molecule has 0 fully saturated rings. The van der Waals surface area contributed by atoms with E-state index in [0.717, 1.165) is 5.75 Å². The number of carbonyl (C=O) groups is 1. The molecule has 2 aromatic rings. The number of hydrogen-bond donors (Lipinski definition) is 1. The number of para-hydroxylation sites is 1. The molecule has 0 aliphatic rings. The van der Waals surface area contributed by atoms with E-state index in [1.807, 2.05) is 37.3 Å². The van der Waals surface area contributed by atoms with Gasteiger partial charge in [0.2, 0.25) is 0 Å². The van der Waals surface area contributed by atoms with Crippen LogP contribution in [0.4, 0.5) is 5.69 Å². The van der Waals surface area contributed by atoms with Crippen LogP contribution in [-0.2, 0) is 0 Å². The zero-order chi connectivity index (χ0) is 15.9. The van der Waals surface area contributed by atoms with E-state index < -0.39 is 0 Å². The maximum Gasteiger partial charge on any atom is 0.161 e. The second kappa shape index (κ2) is 7.28. The number of Topliss-reactive ketones (excluding diaryl/α,β-unsaturated/α-hetero) is 1. The molecule has 0 saturated carbocycles. The number of nitriles is 1. The van der Waals surface area contributed by atoms with Crippen molar-refractivity contribution in [1.29, 1.82) is 5.26 Å². The number of hydrogen-bond acceptors (Lipinski definition) is 4. The molecule has 2 rings (SSSR count). The van der Waals surface area contributed by atoms with Gasteiger partial charge in [0.05, 0.1) is 18.2 Å². The van der Waals surface area contributed by atoms with Crippen LogP contribution in [0.2, 0.25) is 0 Å². The van der Waals surface area contributed by atoms with Crippen LogP contribution in [0.5, 0.6) is 5.75 Å². The van der Waals surface area contributed by atoms with Crippen molar-refractivity contribution in [3.63, 3.8) is 0 Å². The van der Waals surface area contributed by atoms with E-state index in [0.29, 0.717) is 23.4 Å². The third kappa shape index (κ3) is 4.10. The Balaban J connectivity index is 2.04. The van der Waals surface area contributed by atoms with E-state index in [1.54, 1.807) is 18.2 Å². The average molecular weight is 294 g/mol. The number of ketones is 1. The first kappa shape index (κ1) is 15.6. The van der Waals surface area contributed by atoms with Crippen molar-refractivity contribution in [3.05, 3.63) is 59.7 Å². The van der Waals surface area contributed by atoms with Gasteiger partial charge in [-0.25, -0.2) is 0 Å². The molecule has 0 radical (unpaired) electrons. The van der Waals surface area contributed by atoms with Crippen LogP contribution in [0.1, 0.15) is 29.8 Å². The SMILES string of the molecule is CC(=O)c1ccc(C#N)cc1NCC(C)Oc1ccccc1.